The summed E-state index contributed by atoms with van der Waals surface area (Å²) in [5, 5.41) is 0. The molecule has 1 aromatic carbocycles. The number of rotatable bonds is 45. The summed E-state index contributed by atoms with van der Waals surface area (Å²) in [5.74, 6) is 5.42. The number of hydrogen-bond donors (Lipinski definition) is 1. The van der Waals surface area contributed by atoms with Crippen LogP contribution in [-0.4, -0.2) is 145 Å². The van der Waals surface area contributed by atoms with Crippen molar-refractivity contribution in [1.29, 1.82) is 0 Å². The Bertz CT molecular complexity index is 1090. The molecule has 1 atom stereocenters. The van der Waals surface area contributed by atoms with Crippen LogP contribution in [0.5, 0.6) is 5.75 Å². The van der Waals surface area contributed by atoms with Gasteiger partial charge < -0.3 is 52.1 Å². The van der Waals surface area contributed by atoms with Gasteiger partial charge in [-0.3, -0.25) is 0 Å². The topological polar surface area (TPSA) is 183 Å². The Morgan fingerprint density at radius 3 is 1.28 bits per heavy atom. The zero-order valence-corrected chi connectivity index (χ0v) is 35.5. The summed E-state index contributed by atoms with van der Waals surface area (Å²) >= 11 is 0. The van der Waals surface area contributed by atoms with E-state index in [4.69, 9.17) is 52.1 Å². The smallest absolute Gasteiger partial charge is 0.491 e. The molecule has 0 saturated carbocycles. The zero-order valence-electron chi connectivity index (χ0n) is 34.7. The van der Waals surface area contributed by atoms with Gasteiger partial charge in [-0.05, 0) is 41.7 Å². The van der Waals surface area contributed by atoms with Crippen molar-refractivity contribution in [3.8, 4) is 5.75 Å². The maximum absolute atomic E-state index is 10.8. The fourth-order valence-electron chi connectivity index (χ4n) is 5.00. The average molecular weight is 840 g/mol. The first-order valence-corrected chi connectivity index (χ1v) is 21.8. The van der Waals surface area contributed by atoms with Crippen LogP contribution in [0, 0.1) is 0 Å². The van der Waals surface area contributed by atoms with Gasteiger partial charge in [-0.15, -0.1) is 4.18 Å². The van der Waals surface area contributed by atoms with Gasteiger partial charge in [0.1, 0.15) is 23.5 Å². The maximum Gasteiger partial charge on any atom is 0.564 e. The molecule has 2 N–H and O–H groups in total. The van der Waals surface area contributed by atoms with Gasteiger partial charge in [-0.2, -0.15) is 5.90 Å². The molecule has 333 valence electrons. The Morgan fingerprint density at radius 2 is 0.895 bits per heavy atom. The van der Waals surface area contributed by atoms with Crippen molar-refractivity contribution >= 4 is 16.9 Å². The van der Waals surface area contributed by atoms with E-state index >= 15 is 0 Å². The predicted octanol–water partition coefficient (Wildman–Crippen LogP) is 5.14. The standard InChI is InChI=1S/C40H73NO15S/c1-3-5-6-7-8-9-10-12-38-13-14-40(39(37-38)11-4-2)54-35-33-52-31-29-50-27-25-48-23-21-46-19-17-44-15-16-45-18-20-47-22-24-49-26-28-51-30-32-53-34-36-55-57(42,43)56-41/h4,11,13-14,37H,3,5-10,12,15-36,41H2,1-2H3/q+1/b11-4+. The first kappa shape index (κ1) is 53.4. The van der Waals surface area contributed by atoms with Crippen molar-refractivity contribution in [3.63, 3.8) is 0 Å². The normalized spacial score (nSPS) is 12.8. The van der Waals surface area contributed by atoms with Crippen LogP contribution < -0.4 is 10.6 Å². The number of aryl methyl sites for hydroxylation is 1. The molecule has 0 fully saturated rings. The molecule has 0 spiro atoms. The lowest BCUT2D eigenvalue weighted by Gasteiger charge is -2.12. The second kappa shape index (κ2) is 41.1. The highest BCUT2D eigenvalue weighted by molar-refractivity contribution is 7.88. The summed E-state index contributed by atoms with van der Waals surface area (Å²) in [6.07, 6.45) is 14.5. The molecule has 1 radical (unpaired) electrons. The van der Waals surface area contributed by atoms with E-state index in [1.54, 1.807) is 0 Å². The zero-order chi connectivity index (χ0) is 41.2. The molecule has 0 aliphatic carbocycles. The van der Waals surface area contributed by atoms with Gasteiger partial charge in [-0.25, -0.2) is 0 Å². The lowest BCUT2D eigenvalue weighted by molar-refractivity contribution is -0.0270. The molecule has 0 heterocycles. The van der Waals surface area contributed by atoms with Crippen LogP contribution in [0.3, 0.4) is 0 Å². The van der Waals surface area contributed by atoms with Gasteiger partial charge in [0.25, 0.3) is 0 Å². The third-order valence-corrected chi connectivity index (χ3v) is 8.59. The number of unbranched alkanes of at least 4 members (excludes halogenated alkanes) is 6. The van der Waals surface area contributed by atoms with Crippen molar-refractivity contribution in [2.75, 3.05) is 145 Å². The van der Waals surface area contributed by atoms with Crippen LogP contribution in [0.1, 0.15) is 69.9 Å². The van der Waals surface area contributed by atoms with Crippen molar-refractivity contribution in [1.82, 2.24) is 0 Å². The Kier molecular flexibility index (Phi) is 38.5. The fourth-order valence-corrected chi connectivity index (χ4v) is 5.32. The van der Waals surface area contributed by atoms with E-state index in [1.807, 2.05) is 6.92 Å². The maximum atomic E-state index is 10.8. The second-order valence-corrected chi connectivity index (χ2v) is 13.8. The largest absolute Gasteiger partial charge is 0.564 e. The number of hydrogen-bond acceptors (Lipinski definition) is 15. The monoisotopic (exact) mass is 839 g/mol. The lowest BCUT2D eigenvalue weighted by Crippen LogP contribution is -2.22. The molecule has 0 bridgehead atoms. The predicted molar refractivity (Wildman–Crippen MR) is 216 cm³/mol. The molecule has 0 saturated heterocycles. The molecule has 0 aromatic heterocycles. The van der Waals surface area contributed by atoms with Crippen molar-refractivity contribution in [2.45, 2.75) is 65.2 Å². The summed E-state index contributed by atoms with van der Waals surface area (Å²) in [6.45, 7) is 13.3. The average Bonchev–Trinajstić information content (AvgIpc) is 3.21. The van der Waals surface area contributed by atoms with E-state index in [0.717, 1.165) is 17.7 Å². The fraction of sp³-hybridized carbons (Fsp3) is 0.800. The minimum Gasteiger partial charge on any atom is -0.491 e. The van der Waals surface area contributed by atoms with Gasteiger partial charge in [0.15, 0.2) is 0 Å². The van der Waals surface area contributed by atoms with Gasteiger partial charge in [0.05, 0.1) is 132 Å². The SMILES string of the molecule is C/C=C/c1cc(CCCCCCCCC)ccc1OCCOCCOCCOCCOCCOCCOCCOCCOCCOCCOCCO[S+]([O])(=O)ON. The van der Waals surface area contributed by atoms with Gasteiger partial charge in [-0.1, -0.05) is 63.7 Å². The Morgan fingerprint density at radius 1 is 0.526 bits per heavy atom. The first-order valence-electron chi connectivity index (χ1n) is 20.5. The summed E-state index contributed by atoms with van der Waals surface area (Å²) in [4.78, 5) is 0. The van der Waals surface area contributed by atoms with Gasteiger partial charge in [0.2, 0.25) is 0 Å². The molecule has 0 aliphatic heterocycles. The minimum atomic E-state index is -4.14. The highest BCUT2D eigenvalue weighted by Crippen LogP contribution is 2.23. The van der Waals surface area contributed by atoms with Crippen LogP contribution in [0.25, 0.3) is 6.08 Å². The van der Waals surface area contributed by atoms with Crippen molar-refractivity contribution < 1.29 is 69.3 Å². The van der Waals surface area contributed by atoms with Crippen LogP contribution >= 0.6 is 0 Å². The van der Waals surface area contributed by atoms with E-state index in [9.17, 15) is 8.76 Å². The Hall–Kier alpha value is -1.65. The van der Waals surface area contributed by atoms with E-state index < -0.39 is 10.8 Å². The number of ether oxygens (including phenoxy) is 11. The molecule has 57 heavy (non-hydrogen) atoms. The van der Waals surface area contributed by atoms with Crippen LogP contribution in [0.2, 0.25) is 0 Å². The summed E-state index contributed by atoms with van der Waals surface area (Å²) in [6, 6.07) is 6.52. The first-order chi connectivity index (χ1) is 28.0. The van der Waals surface area contributed by atoms with E-state index in [0.29, 0.717) is 126 Å². The lowest BCUT2D eigenvalue weighted by atomic mass is 10.0. The molecule has 16 nitrogen and oxygen atoms in total. The van der Waals surface area contributed by atoms with Crippen LogP contribution in [0.4, 0.5) is 0 Å². The number of allylic oxidation sites excluding steroid dienone is 1. The van der Waals surface area contributed by atoms with E-state index in [1.165, 1.54) is 50.5 Å². The number of benzene rings is 1. The Labute approximate surface area is 343 Å². The molecule has 17 heteroatoms. The highest BCUT2D eigenvalue weighted by Gasteiger charge is 2.32. The molecular weight excluding hydrogens is 766 g/mol. The molecular formula is C40H73NO15S+. The quantitative estimate of drug-likeness (QED) is 0.0517. The van der Waals surface area contributed by atoms with Gasteiger partial charge >= 0.3 is 10.8 Å². The molecule has 1 aromatic rings. The van der Waals surface area contributed by atoms with E-state index in [-0.39, 0.29) is 19.8 Å². The molecule has 0 aliphatic rings. The van der Waals surface area contributed by atoms with Crippen molar-refractivity contribution in [2.24, 2.45) is 5.90 Å². The second-order valence-electron chi connectivity index (χ2n) is 12.5. The van der Waals surface area contributed by atoms with Gasteiger partial charge in [0, 0.05) is 9.77 Å². The Balaban J connectivity index is 1.78. The van der Waals surface area contributed by atoms with Crippen LogP contribution in [-0.2, 0) is 81.8 Å². The molecule has 1 unspecified atom stereocenters. The summed E-state index contributed by atoms with van der Waals surface area (Å²) < 4.78 is 90.3. The third-order valence-electron chi connectivity index (χ3n) is 7.90. The molecule has 0 amide bonds. The van der Waals surface area contributed by atoms with E-state index in [2.05, 4.69) is 51.6 Å². The van der Waals surface area contributed by atoms with Crippen molar-refractivity contribution in [3.05, 3.63) is 35.4 Å². The molecule has 1 rings (SSSR count). The third kappa shape index (κ3) is 36.0. The minimum absolute atomic E-state index is 0.0607. The number of nitrogens with two attached hydrogens (primary N) is 1. The van der Waals surface area contributed by atoms with Crippen LogP contribution in [0.15, 0.2) is 24.3 Å². The summed E-state index contributed by atoms with van der Waals surface area (Å²) in [5.41, 5.74) is 2.48. The highest BCUT2D eigenvalue weighted by atomic mass is 32.3. The summed E-state index contributed by atoms with van der Waals surface area (Å²) in [7, 11) is -4.14.